The first-order chi connectivity index (χ1) is 10.9. The van der Waals surface area contributed by atoms with Gasteiger partial charge in [-0.15, -0.1) is 0 Å². The van der Waals surface area contributed by atoms with Crippen molar-refractivity contribution >= 4 is 12.2 Å². The second-order valence-corrected chi connectivity index (χ2v) is 5.06. The topological polar surface area (TPSA) is 9.23 Å². The van der Waals surface area contributed by atoms with Gasteiger partial charge in [0.15, 0.2) is 0 Å². The molecule has 0 radical (unpaired) electrons. The lowest BCUT2D eigenvalue weighted by Gasteiger charge is -2.07. The Kier molecular flexibility index (Phi) is 4.35. The summed E-state index contributed by atoms with van der Waals surface area (Å²) in [6, 6.07) is 26.9. The molecule has 0 aliphatic rings. The van der Waals surface area contributed by atoms with E-state index in [1.807, 2.05) is 18.2 Å². The van der Waals surface area contributed by atoms with Crippen molar-refractivity contribution in [3.8, 4) is 16.9 Å². The highest BCUT2D eigenvalue weighted by Crippen LogP contribution is 2.27. The maximum atomic E-state index is 5.23. The van der Waals surface area contributed by atoms with Gasteiger partial charge < -0.3 is 4.74 Å². The molecule has 1 nitrogen and oxygen atoms in total. The Labute approximate surface area is 131 Å². The molecule has 108 valence electrons. The Morgan fingerprint density at radius 2 is 1.36 bits per heavy atom. The predicted molar refractivity (Wildman–Crippen MR) is 93.8 cm³/mol. The van der Waals surface area contributed by atoms with Gasteiger partial charge in [0, 0.05) is 0 Å². The molecule has 1 heteroatoms. The average Bonchev–Trinajstić information content (AvgIpc) is 2.61. The number of rotatable bonds is 4. The molecular formula is C21H18O. The van der Waals surface area contributed by atoms with E-state index in [9.17, 15) is 0 Å². The van der Waals surface area contributed by atoms with Gasteiger partial charge in [0.1, 0.15) is 5.75 Å². The molecule has 0 aliphatic heterocycles. The Morgan fingerprint density at radius 1 is 0.682 bits per heavy atom. The quantitative estimate of drug-likeness (QED) is 0.573. The maximum absolute atomic E-state index is 5.23. The van der Waals surface area contributed by atoms with Crippen molar-refractivity contribution in [2.75, 3.05) is 7.11 Å². The lowest BCUT2D eigenvalue weighted by atomic mass is 9.99. The van der Waals surface area contributed by atoms with Crippen molar-refractivity contribution in [2.45, 2.75) is 0 Å². The van der Waals surface area contributed by atoms with Crippen molar-refractivity contribution in [1.82, 2.24) is 0 Å². The van der Waals surface area contributed by atoms with Gasteiger partial charge in [-0.2, -0.15) is 0 Å². The van der Waals surface area contributed by atoms with E-state index in [1.165, 1.54) is 22.3 Å². The van der Waals surface area contributed by atoms with E-state index < -0.39 is 0 Å². The van der Waals surface area contributed by atoms with Crippen LogP contribution in [0.2, 0.25) is 0 Å². The molecule has 0 spiro atoms. The largest absolute Gasteiger partial charge is 0.497 e. The Bertz CT molecular complexity index is 755. The van der Waals surface area contributed by atoms with Crippen LogP contribution in [-0.2, 0) is 0 Å². The molecule has 0 fully saturated rings. The van der Waals surface area contributed by atoms with Gasteiger partial charge in [-0.25, -0.2) is 0 Å². The van der Waals surface area contributed by atoms with Gasteiger partial charge in [-0.1, -0.05) is 78.9 Å². The molecule has 0 saturated heterocycles. The van der Waals surface area contributed by atoms with E-state index in [-0.39, 0.29) is 0 Å². The highest BCUT2D eigenvalue weighted by Gasteiger charge is 2.02. The SMILES string of the molecule is COc1ccc(-c2ccccc2/C=C/c2ccccc2)cc1. The monoisotopic (exact) mass is 286 g/mol. The van der Waals surface area contributed by atoms with E-state index in [0.717, 1.165) is 5.75 Å². The van der Waals surface area contributed by atoms with E-state index >= 15 is 0 Å². The summed E-state index contributed by atoms with van der Waals surface area (Å²) >= 11 is 0. The Balaban J connectivity index is 1.94. The smallest absolute Gasteiger partial charge is 0.118 e. The predicted octanol–water partition coefficient (Wildman–Crippen LogP) is 5.53. The zero-order valence-electron chi connectivity index (χ0n) is 12.6. The van der Waals surface area contributed by atoms with Crippen molar-refractivity contribution in [1.29, 1.82) is 0 Å². The summed E-state index contributed by atoms with van der Waals surface area (Å²) in [5.74, 6) is 0.876. The third-order valence-corrected chi connectivity index (χ3v) is 3.62. The van der Waals surface area contributed by atoms with Crippen molar-refractivity contribution < 1.29 is 4.74 Å². The zero-order valence-corrected chi connectivity index (χ0v) is 12.6. The summed E-state index contributed by atoms with van der Waals surface area (Å²) in [5, 5.41) is 0. The first-order valence-electron chi connectivity index (χ1n) is 7.33. The van der Waals surface area contributed by atoms with E-state index in [4.69, 9.17) is 4.74 Å². The fraction of sp³-hybridized carbons (Fsp3) is 0.0476. The molecule has 0 heterocycles. The van der Waals surface area contributed by atoms with Crippen LogP contribution in [-0.4, -0.2) is 7.11 Å². The minimum atomic E-state index is 0.876. The molecule has 22 heavy (non-hydrogen) atoms. The van der Waals surface area contributed by atoms with Gasteiger partial charge in [-0.05, 0) is 34.4 Å². The molecule has 3 aromatic carbocycles. The molecule has 3 rings (SSSR count). The van der Waals surface area contributed by atoms with Crippen LogP contribution in [0.4, 0.5) is 0 Å². The molecule has 0 atom stereocenters. The van der Waals surface area contributed by atoms with E-state index in [2.05, 4.69) is 72.8 Å². The first kappa shape index (κ1) is 14.2. The van der Waals surface area contributed by atoms with Crippen LogP contribution in [0.5, 0.6) is 5.75 Å². The van der Waals surface area contributed by atoms with Crippen LogP contribution in [0.3, 0.4) is 0 Å². The molecule has 0 bridgehead atoms. The van der Waals surface area contributed by atoms with Crippen molar-refractivity contribution in [3.63, 3.8) is 0 Å². The van der Waals surface area contributed by atoms with Gasteiger partial charge in [-0.3, -0.25) is 0 Å². The van der Waals surface area contributed by atoms with Gasteiger partial charge in [0.05, 0.1) is 7.11 Å². The third-order valence-electron chi connectivity index (χ3n) is 3.62. The number of ether oxygens (including phenoxy) is 1. The van der Waals surface area contributed by atoms with Gasteiger partial charge in [0.25, 0.3) is 0 Å². The molecule has 0 aromatic heterocycles. The summed E-state index contributed by atoms with van der Waals surface area (Å²) in [5.41, 5.74) is 4.81. The standard InChI is InChI=1S/C21H18O/c1-22-20-15-13-19(14-16-20)21-10-6-5-9-18(21)12-11-17-7-3-2-4-8-17/h2-16H,1H3/b12-11+. The molecule has 0 N–H and O–H groups in total. The van der Waals surface area contributed by atoms with E-state index in [0.29, 0.717) is 0 Å². The Hall–Kier alpha value is -2.80. The highest BCUT2D eigenvalue weighted by molar-refractivity contribution is 5.80. The van der Waals surface area contributed by atoms with Crippen molar-refractivity contribution in [3.05, 3.63) is 90.0 Å². The minimum absolute atomic E-state index is 0.876. The molecule has 0 aliphatic carbocycles. The average molecular weight is 286 g/mol. The fourth-order valence-electron chi connectivity index (χ4n) is 2.43. The zero-order chi connectivity index (χ0) is 15.2. The van der Waals surface area contributed by atoms with Gasteiger partial charge >= 0.3 is 0 Å². The molecule has 0 unspecified atom stereocenters. The van der Waals surface area contributed by atoms with E-state index in [1.54, 1.807) is 7.11 Å². The molecular weight excluding hydrogens is 268 g/mol. The molecule has 0 saturated carbocycles. The van der Waals surface area contributed by atoms with Crippen LogP contribution >= 0.6 is 0 Å². The van der Waals surface area contributed by atoms with Crippen LogP contribution in [0.25, 0.3) is 23.3 Å². The van der Waals surface area contributed by atoms with Crippen molar-refractivity contribution in [2.24, 2.45) is 0 Å². The molecule has 3 aromatic rings. The minimum Gasteiger partial charge on any atom is -0.497 e. The summed E-state index contributed by atoms with van der Waals surface area (Å²) < 4.78 is 5.23. The van der Waals surface area contributed by atoms with Crippen LogP contribution < -0.4 is 4.74 Å². The first-order valence-corrected chi connectivity index (χ1v) is 7.33. The number of benzene rings is 3. The Morgan fingerprint density at radius 3 is 2.09 bits per heavy atom. The second kappa shape index (κ2) is 6.77. The van der Waals surface area contributed by atoms with Crippen LogP contribution in [0.1, 0.15) is 11.1 Å². The number of methoxy groups -OCH3 is 1. The third kappa shape index (κ3) is 3.26. The summed E-state index contributed by atoms with van der Waals surface area (Å²) in [6.07, 6.45) is 4.30. The summed E-state index contributed by atoms with van der Waals surface area (Å²) in [4.78, 5) is 0. The normalized spacial score (nSPS) is 10.8. The fourth-order valence-corrected chi connectivity index (χ4v) is 2.43. The number of hydrogen-bond acceptors (Lipinski definition) is 1. The second-order valence-electron chi connectivity index (χ2n) is 5.06. The maximum Gasteiger partial charge on any atom is 0.118 e. The lowest BCUT2D eigenvalue weighted by molar-refractivity contribution is 0.415. The lowest BCUT2D eigenvalue weighted by Crippen LogP contribution is -1.85. The van der Waals surface area contributed by atoms with Crippen LogP contribution in [0, 0.1) is 0 Å². The summed E-state index contributed by atoms with van der Waals surface area (Å²) in [6.45, 7) is 0. The highest BCUT2D eigenvalue weighted by atomic mass is 16.5. The molecule has 0 amide bonds. The van der Waals surface area contributed by atoms with Gasteiger partial charge in [0.2, 0.25) is 0 Å². The van der Waals surface area contributed by atoms with Crippen LogP contribution in [0.15, 0.2) is 78.9 Å². The number of hydrogen-bond donors (Lipinski definition) is 0. The summed E-state index contributed by atoms with van der Waals surface area (Å²) in [7, 11) is 1.69.